The second-order valence-corrected chi connectivity index (χ2v) is 10.6. The van der Waals surface area contributed by atoms with Gasteiger partial charge in [-0.2, -0.15) is 0 Å². The van der Waals surface area contributed by atoms with Crippen LogP contribution in [0.4, 0.5) is 0 Å². The zero-order chi connectivity index (χ0) is 25.4. The fourth-order valence-corrected chi connectivity index (χ4v) is 5.84. The summed E-state index contributed by atoms with van der Waals surface area (Å²) in [6.07, 6.45) is 8.51. The highest BCUT2D eigenvalue weighted by Crippen LogP contribution is 2.33. The van der Waals surface area contributed by atoms with Gasteiger partial charge in [0.25, 0.3) is 0 Å². The van der Waals surface area contributed by atoms with Crippen LogP contribution in [0.25, 0.3) is 5.57 Å². The van der Waals surface area contributed by atoms with E-state index in [-0.39, 0.29) is 0 Å². The average molecular weight is 514 g/mol. The molecule has 0 saturated carbocycles. The highest BCUT2D eigenvalue weighted by Gasteiger charge is 2.24. The molecule has 1 unspecified atom stereocenters. The van der Waals surface area contributed by atoms with E-state index in [0.29, 0.717) is 6.61 Å². The number of hydrogen-bond acceptors (Lipinski definition) is 5. The number of benzene rings is 2. The average Bonchev–Trinajstić information content (AvgIpc) is 3.48. The van der Waals surface area contributed by atoms with Gasteiger partial charge in [-0.3, -0.25) is 4.98 Å². The van der Waals surface area contributed by atoms with Crippen molar-refractivity contribution in [3.05, 3.63) is 111 Å². The van der Waals surface area contributed by atoms with Gasteiger partial charge in [-0.25, -0.2) is 0 Å². The Hall–Kier alpha value is -3.28. The molecule has 5 nitrogen and oxygen atoms in total. The Morgan fingerprint density at radius 3 is 2.89 bits per heavy atom. The molecule has 6 rings (SSSR count). The lowest BCUT2D eigenvalue weighted by molar-refractivity contribution is 0.253. The van der Waals surface area contributed by atoms with Crippen LogP contribution in [0.15, 0.2) is 72.7 Å². The van der Waals surface area contributed by atoms with Gasteiger partial charge in [0.15, 0.2) is 0 Å². The van der Waals surface area contributed by atoms with E-state index in [1.54, 1.807) is 0 Å². The van der Waals surface area contributed by atoms with Crippen LogP contribution < -0.4 is 4.74 Å². The van der Waals surface area contributed by atoms with Crippen molar-refractivity contribution in [3.63, 3.8) is 0 Å². The van der Waals surface area contributed by atoms with Gasteiger partial charge < -0.3 is 19.6 Å². The predicted octanol–water partition coefficient (Wildman–Crippen LogP) is 5.94. The third-order valence-corrected chi connectivity index (χ3v) is 7.87. The van der Waals surface area contributed by atoms with E-state index in [9.17, 15) is 5.11 Å². The van der Waals surface area contributed by atoms with E-state index in [0.717, 1.165) is 78.6 Å². The van der Waals surface area contributed by atoms with Crippen LogP contribution in [0.2, 0.25) is 5.02 Å². The topological polar surface area (TPSA) is 48.8 Å². The molecule has 2 aromatic carbocycles. The molecule has 0 spiro atoms. The van der Waals surface area contributed by atoms with Gasteiger partial charge in [-0.15, -0.1) is 0 Å². The molecule has 6 heteroatoms. The lowest BCUT2D eigenvalue weighted by Gasteiger charge is -2.18. The molecule has 1 aromatic heterocycles. The molecule has 0 aliphatic carbocycles. The first-order chi connectivity index (χ1) is 18.0. The molecule has 37 heavy (non-hydrogen) atoms. The summed E-state index contributed by atoms with van der Waals surface area (Å²) in [5.74, 6) is 0.896. The van der Waals surface area contributed by atoms with Crippen LogP contribution >= 0.6 is 11.6 Å². The van der Waals surface area contributed by atoms with Crippen molar-refractivity contribution >= 4 is 17.2 Å². The standard InChI is InChI=1S/C31H32ClN3O2/c1-21(36)29(22-7-9-31-25(14-22)15-23-4-2-11-33-30(23)20-37-31)5-3-12-34-13-10-28(19-34)35-17-24-6-8-27(32)16-26(24)18-35/h2,4-9,11,14,16,19,21,36H,3,10,12-13,15,17-18,20H2,1H3. The van der Waals surface area contributed by atoms with Crippen molar-refractivity contribution < 1.29 is 9.84 Å². The number of ether oxygens (including phenoxy) is 1. The highest BCUT2D eigenvalue weighted by atomic mass is 35.5. The van der Waals surface area contributed by atoms with Crippen molar-refractivity contribution in [1.29, 1.82) is 0 Å². The van der Waals surface area contributed by atoms with Crippen LogP contribution in [0.3, 0.4) is 0 Å². The molecule has 3 aliphatic heterocycles. The first-order valence-electron chi connectivity index (χ1n) is 13.1. The normalized spacial score (nSPS) is 17.5. The smallest absolute Gasteiger partial charge is 0.130 e. The minimum atomic E-state index is -0.543. The van der Waals surface area contributed by atoms with E-state index in [2.05, 4.69) is 57.4 Å². The third kappa shape index (κ3) is 5.11. The minimum absolute atomic E-state index is 0.490. The summed E-state index contributed by atoms with van der Waals surface area (Å²) in [5, 5.41) is 11.4. The summed E-state index contributed by atoms with van der Waals surface area (Å²) < 4.78 is 6.03. The van der Waals surface area contributed by atoms with Gasteiger partial charge >= 0.3 is 0 Å². The Morgan fingerprint density at radius 1 is 1.11 bits per heavy atom. The number of halogens is 1. The number of pyridine rings is 1. The number of nitrogens with zero attached hydrogens (tertiary/aromatic N) is 3. The summed E-state index contributed by atoms with van der Waals surface area (Å²) in [4.78, 5) is 9.34. The van der Waals surface area contributed by atoms with Crippen molar-refractivity contribution in [2.75, 3.05) is 13.1 Å². The molecule has 3 aliphatic rings. The highest BCUT2D eigenvalue weighted by molar-refractivity contribution is 6.30. The zero-order valence-electron chi connectivity index (χ0n) is 21.2. The Labute approximate surface area is 223 Å². The van der Waals surface area contributed by atoms with Gasteiger partial charge in [0.2, 0.25) is 0 Å². The molecule has 3 aromatic rings. The van der Waals surface area contributed by atoms with Crippen molar-refractivity contribution in [2.24, 2.45) is 0 Å². The van der Waals surface area contributed by atoms with E-state index < -0.39 is 6.10 Å². The fraction of sp³-hybridized carbons (Fsp3) is 0.323. The number of aromatic nitrogens is 1. The summed E-state index contributed by atoms with van der Waals surface area (Å²) in [6.45, 7) is 6.19. The lowest BCUT2D eigenvalue weighted by atomic mass is 9.95. The van der Waals surface area contributed by atoms with Crippen molar-refractivity contribution in [1.82, 2.24) is 14.8 Å². The lowest BCUT2D eigenvalue weighted by Crippen LogP contribution is -2.15. The number of rotatable bonds is 6. The summed E-state index contributed by atoms with van der Waals surface area (Å²) in [6, 6.07) is 16.6. The monoisotopic (exact) mass is 513 g/mol. The van der Waals surface area contributed by atoms with Crippen LogP contribution in [0.1, 0.15) is 53.3 Å². The summed E-state index contributed by atoms with van der Waals surface area (Å²) in [5.41, 5.74) is 9.45. The van der Waals surface area contributed by atoms with Gasteiger partial charge in [-0.1, -0.05) is 35.9 Å². The third-order valence-electron chi connectivity index (χ3n) is 7.64. The van der Waals surface area contributed by atoms with Crippen molar-refractivity contribution in [3.8, 4) is 5.75 Å². The minimum Gasteiger partial charge on any atom is -0.487 e. The number of hydrogen-bond donors (Lipinski definition) is 1. The number of aliphatic hydroxyl groups excluding tert-OH is 1. The molecular formula is C31H32ClN3O2. The summed E-state index contributed by atoms with van der Waals surface area (Å²) >= 11 is 6.19. The van der Waals surface area contributed by atoms with Crippen LogP contribution in [-0.4, -0.2) is 39.1 Å². The maximum Gasteiger partial charge on any atom is 0.130 e. The van der Waals surface area contributed by atoms with E-state index >= 15 is 0 Å². The molecule has 0 saturated heterocycles. The van der Waals surface area contributed by atoms with Crippen molar-refractivity contribution in [2.45, 2.75) is 52.0 Å². The predicted molar refractivity (Wildman–Crippen MR) is 147 cm³/mol. The molecule has 0 fully saturated rings. The molecular weight excluding hydrogens is 482 g/mol. The second kappa shape index (κ2) is 10.2. The quantitative estimate of drug-likeness (QED) is 0.442. The van der Waals surface area contributed by atoms with E-state index in [4.69, 9.17) is 16.3 Å². The van der Waals surface area contributed by atoms with Gasteiger partial charge in [0, 0.05) is 62.1 Å². The molecule has 4 heterocycles. The van der Waals surface area contributed by atoms with E-state index in [1.807, 2.05) is 31.3 Å². The number of fused-ring (bicyclic) bond motifs is 3. The van der Waals surface area contributed by atoms with E-state index in [1.165, 1.54) is 22.4 Å². The van der Waals surface area contributed by atoms with Crippen LogP contribution in [0, 0.1) is 0 Å². The molecule has 1 N–H and O–H groups in total. The first-order valence-corrected chi connectivity index (χ1v) is 13.5. The van der Waals surface area contributed by atoms with Gasteiger partial charge in [0.1, 0.15) is 12.4 Å². The van der Waals surface area contributed by atoms with Gasteiger partial charge in [-0.05, 0) is 77.1 Å². The largest absolute Gasteiger partial charge is 0.487 e. The fourth-order valence-electron chi connectivity index (χ4n) is 5.65. The first kappa shape index (κ1) is 24.1. The Balaban J connectivity index is 1.13. The molecule has 0 bridgehead atoms. The maximum absolute atomic E-state index is 10.6. The molecule has 190 valence electrons. The maximum atomic E-state index is 10.6. The van der Waals surface area contributed by atoms with Crippen LogP contribution in [-0.2, 0) is 26.1 Å². The SMILES string of the molecule is CC(O)C(=CCCN1C=C(N2Cc3ccc(Cl)cc3C2)CC1)c1ccc2c(c1)Cc1cccnc1CO2. The number of aliphatic hydroxyl groups is 1. The Kier molecular flexibility index (Phi) is 6.66. The summed E-state index contributed by atoms with van der Waals surface area (Å²) in [7, 11) is 0. The molecule has 0 amide bonds. The molecule has 0 radical (unpaired) electrons. The van der Waals surface area contributed by atoms with Crippen LogP contribution in [0.5, 0.6) is 5.75 Å². The Morgan fingerprint density at radius 2 is 2.00 bits per heavy atom. The zero-order valence-corrected chi connectivity index (χ0v) is 21.9. The Bertz CT molecular complexity index is 1380. The second-order valence-electron chi connectivity index (χ2n) is 10.2. The van der Waals surface area contributed by atoms with Gasteiger partial charge in [0.05, 0.1) is 11.8 Å². The molecule has 1 atom stereocenters.